The zero-order valence-electron chi connectivity index (χ0n) is 15.7. The Labute approximate surface area is 155 Å². The van der Waals surface area contributed by atoms with E-state index in [1.54, 1.807) is 12.1 Å². The first-order chi connectivity index (χ1) is 12.4. The topological polar surface area (TPSA) is 41.6 Å². The van der Waals surface area contributed by atoms with E-state index in [0.717, 1.165) is 23.4 Å². The van der Waals surface area contributed by atoms with Crippen LogP contribution in [0, 0.1) is 5.82 Å². The lowest BCUT2D eigenvalue weighted by Gasteiger charge is -2.13. The molecule has 0 saturated heterocycles. The first-order valence-corrected chi connectivity index (χ1v) is 8.82. The predicted molar refractivity (Wildman–Crippen MR) is 102 cm³/mol. The number of benzene rings is 2. The van der Waals surface area contributed by atoms with Crippen molar-refractivity contribution in [2.45, 2.75) is 25.8 Å². The maximum absolute atomic E-state index is 13.0. The predicted octanol–water partition coefficient (Wildman–Crippen LogP) is 3.58. The quantitative estimate of drug-likeness (QED) is 0.745. The maximum Gasteiger partial charge on any atom is 0.220 e. The van der Waals surface area contributed by atoms with Gasteiger partial charge < -0.3 is 15.0 Å². The standard InChI is InChI=1S/C21H27FN2O2/c1-16(18-6-8-19(22)9-7-18)14-21(25)23-15-17-4-10-20(11-5-17)26-13-12-24(2)3/h4-11,16H,12-15H2,1-3H3,(H,23,25). The first-order valence-electron chi connectivity index (χ1n) is 8.82. The zero-order chi connectivity index (χ0) is 18.9. The molecule has 0 aliphatic carbocycles. The highest BCUT2D eigenvalue weighted by atomic mass is 19.1. The third-order valence-corrected chi connectivity index (χ3v) is 4.15. The van der Waals surface area contributed by atoms with Crippen LogP contribution in [0.5, 0.6) is 5.75 Å². The van der Waals surface area contributed by atoms with Crippen LogP contribution in [0.3, 0.4) is 0 Å². The molecule has 1 amide bonds. The lowest BCUT2D eigenvalue weighted by Crippen LogP contribution is -2.24. The van der Waals surface area contributed by atoms with Gasteiger partial charge in [-0.25, -0.2) is 4.39 Å². The van der Waals surface area contributed by atoms with E-state index in [1.807, 2.05) is 45.3 Å². The molecule has 0 saturated carbocycles. The number of ether oxygens (including phenoxy) is 1. The number of amides is 1. The average molecular weight is 358 g/mol. The van der Waals surface area contributed by atoms with Crippen LogP contribution in [0.2, 0.25) is 0 Å². The number of carbonyl (C=O) groups is 1. The summed E-state index contributed by atoms with van der Waals surface area (Å²) in [6.07, 6.45) is 0.372. The summed E-state index contributed by atoms with van der Waals surface area (Å²) < 4.78 is 18.6. The van der Waals surface area contributed by atoms with Gasteiger partial charge in [-0.15, -0.1) is 0 Å². The first kappa shape index (κ1) is 19.9. The van der Waals surface area contributed by atoms with E-state index >= 15 is 0 Å². The Morgan fingerprint density at radius 2 is 1.77 bits per heavy atom. The Hall–Kier alpha value is -2.40. The van der Waals surface area contributed by atoms with Crippen molar-refractivity contribution in [1.29, 1.82) is 0 Å². The molecule has 1 atom stereocenters. The molecule has 0 heterocycles. The van der Waals surface area contributed by atoms with Crippen molar-refractivity contribution >= 4 is 5.91 Å². The Balaban J connectivity index is 1.75. The second-order valence-electron chi connectivity index (χ2n) is 6.73. The highest BCUT2D eigenvalue weighted by molar-refractivity contribution is 5.76. The van der Waals surface area contributed by atoms with Gasteiger partial charge in [0.1, 0.15) is 18.2 Å². The number of likely N-dealkylation sites (N-methyl/N-ethyl adjacent to an activating group) is 1. The van der Waals surface area contributed by atoms with Crippen LogP contribution in [0.1, 0.15) is 30.4 Å². The molecule has 1 unspecified atom stereocenters. The number of rotatable bonds is 9. The Kier molecular flexibility index (Phi) is 7.60. The number of carbonyl (C=O) groups excluding carboxylic acids is 1. The van der Waals surface area contributed by atoms with Crippen LogP contribution in [-0.2, 0) is 11.3 Å². The fourth-order valence-electron chi connectivity index (χ4n) is 2.51. The Bertz CT molecular complexity index is 684. The summed E-state index contributed by atoms with van der Waals surface area (Å²) in [5.41, 5.74) is 1.98. The van der Waals surface area contributed by atoms with Crippen LogP contribution in [0.15, 0.2) is 48.5 Å². The second kappa shape index (κ2) is 9.92. The molecule has 0 aromatic heterocycles. The molecule has 0 bridgehead atoms. The van der Waals surface area contributed by atoms with Crippen LogP contribution in [0.25, 0.3) is 0 Å². The van der Waals surface area contributed by atoms with Gasteiger partial charge in [-0.05, 0) is 55.4 Å². The summed E-state index contributed by atoms with van der Waals surface area (Å²) in [5.74, 6) is 0.586. The molecule has 26 heavy (non-hydrogen) atoms. The fourth-order valence-corrected chi connectivity index (χ4v) is 2.51. The monoisotopic (exact) mass is 358 g/mol. The maximum atomic E-state index is 13.0. The number of nitrogens with zero attached hydrogens (tertiary/aromatic N) is 1. The average Bonchev–Trinajstić information content (AvgIpc) is 2.61. The van der Waals surface area contributed by atoms with E-state index in [4.69, 9.17) is 4.74 Å². The van der Waals surface area contributed by atoms with Crippen molar-refractivity contribution in [3.63, 3.8) is 0 Å². The highest BCUT2D eigenvalue weighted by Crippen LogP contribution is 2.19. The van der Waals surface area contributed by atoms with Crippen molar-refractivity contribution in [2.75, 3.05) is 27.2 Å². The molecule has 0 radical (unpaired) electrons. The third-order valence-electron chi connectivity index (χ3n) is 4.15. The second-order valence-corrected chi connectivity index (χ2v) is 6.73. The van der Waals surface area contributed by atoms with Crippen molar-refractivity contribution in [3.05, 3.63) is 65.5 Å². The third kappa shape index (κ3) is 6.84. The molecule has 140 valence electrons. The van der Waals surface area contributed by atoms with E-state index in [1.165, 1.54) is 12.1 Å². The summed E-state index contributed by atoms with van der Waals surface area (Å²) in [5, 5.41) is 2.93. The van der Waals surface area contributed by atoms with E-state index in [2.05, 4.69) is 10.2 Å². The van der Waals surface area contributed by atoms with Gasteiger partial charge >= 0.3 is 0 Å². The van der Waals surface area contributed by atoms with Crippen molar-refractivity contribution in [2.24, 2.45) is 0 Å². The molecule has 4 nitrogen and oxygen atoms in total. The molecular formula is C21H27FN2O2. The van der Waals surface area contributed by atoms with E-state index < -0.39 is 0 Å². The Morgan fingerprint density at radius 1 is 1.12 bits per heavy atom. The summed E-state index contributed by atoms with van der Waals surface area (Å²) in [6, 6.07) is 14.0. The molecule has 2 aromatic carbocycles. The molecule has 1 N–H and O–H groups in total. The van der Waals surface area contributed by atoms with Crippen LogP contribution in [-0.4, -0.2) is 38.1 Å². The number of hydrogen-bond acceptors (Lipinski definition) is 3. The molecule has 2 rings (SSSR count). The molecular weight excluding hydrogens is 331 g/mol. The van der Waals surface area contributed by atoms with E-state index in [0.29, 0.717) is 19.6 Å². The molecule has 0 aliphatic rings. The number of hydrogen-bond donors (Lipinski definition) is 1. The minimum absolute atomic E-state index is 0.0202. The molecule has 2 aromatic rings. The minimum atomic E-state index is -0.264. The van der Waals surface area contributed by atoms with Crippen LogP contribution >= 0.6 is 0 Å². The van der Waals surface area contributed by atoms with E-state index in [-0.39, 0.29) is 17.6 Å². The van der Waals surface area contributed by atoms with Crippen LogP contribution < -0.4 is 10.1 Å². The zero-order valence-corrected chi connectivity index (χ0v) is 15.7. The van der Waals surface area contributed by atoms with Gasteiger partial charge in [-0.2, -0.15) is 0 Å². The van der Waals surface area contributed by atoms with Crippen molar-refractivity contribution < 1.29 is 13.9 Å². The van der Waals surface area contributed by atoms with Gasteiger partial charge in [0, 0.05) is 19.5 Å². The highest BCUT2D eigenvalue weighted by Gasteiger charge is 2.11. The fraction of sp³-hybridized carbons (Fsp3) is 0.381. The molecule has 5 heteroatoms. The number of halogens is 1. The van der Waals surface area contributed by atoms with Gasteiger partial charge in [0.2, 0.25) is 5.91 Å². The van der Waals surface area contributed by atoms with Gasteiger partial charge in [0.05, 0.1) is 0 Å². The Morgan fingerprint density at radius 3 is 2.38 bits per heavy atom. The summed E-state index contributed by atoms with van der Waals surface area (Å²) in [7, 11) is 4.01. The van der Waals surface area contributed by atoms with Gasteiger partial charge in [0.25, 0.3) is 0 Å². The lowest BCUT2D eigenvalue weighted by molar-refractivity contribution is -0.121. The van der Waals surface area contributed by atoms with Gasteiger partial charge in [-0.3, -0.25) is 4.79 Å². The number of nitrogens with one attached hydrogen (secondary N) is 1. The van der Waals surface area contributed by atoms with Gasteiger partial charge in [0.15, 0.2) is 0 Å². The SMILES string of the molecule is CC(CC(=O)NCc1ccc(OCCN(C)C)cc1)c1ccc(F)cc1. The minimum Gasteiger partial charge on any atom is -0.492 e. The largest absolute Gasteiger partial charge is 0.492 e. The molecule has 0 aliphatic heterocycles. The van der Waals surface area contributed by atoms with Gasteiger partial charge in [-0.1, -0.05) is 31.2 Å². The summed E-state index contributed by atoms with van der Waals surface area (Å²) in [6.45, 7) is 3.95. The summed E-state index contributed by atoms with van der Waals surface area (Å²) in [4.78, 5) is 14.2. The summed E-state index contributed by atoms with van der Waals surface area (Å²) >= 11 is 0. The normalized spacial score (nSPS) is 12.0. The smallest absolute Gasteiger partial charge is 0.220 e. The van der Waals surface area contributed by atoms with Crippen molar-refractivity contribution in [3.8, 4) is 5.75 Å². The molecule has 0 spiro atoms. The van der Waals surface area contributed by atoms with Crippen LogP contribution in [0.4, 0.5) is 4.39 Å². The van der Waals surface area contributed by atoms with Crippen molar-refractivity contribution in [1.82, 2.24) is 10.2 Å². The van der Waals surface area contributed by atoms with E-state index in [9.17, 15) is 9.18 Å². The lowest BCUT2D eigenvalue weighted by atomic mass is 9.97. The molecule has 0 fully saturated rings.